The maximum atomic E-state index is 5.64. The molecule has 1 unspecified atom stereocenters. The van der Waals surface area contributed by atoms with Crippen LogP contribution >= 0.6 is 11.5 Å². The van der Waals surface area contributed by atoms with Gasteiger partial charge in [-0.2, -0.15) is 0 Å². The van der Waals surface area contributed by atoms with Gasteiger partial charge in [0.25, 0.3) is 0 Å². The molecule has 1 aromatic carbocycles. The topological polar surface area (TPSA) is 73.1 Å². The lowest BCUT2D eigenvalue weighted by Crippen LogP contribution is -2.29. The number of hydrogen-bond donors (Lipinski definition) is 2. The standard InChI is InChI=1S/C12H16N4OS/c1-7-5-11(17-3)8(2)4-9(7)12(14-13)10-6-18-16-15-10/h4-6,12,14H,13H2,1-3H3. The monoisotopic (exact) mass is 264 g/mol. The summed E-state index contributed by atoms with van der Waals surface area (Å²) in [4.78, 5) is 0. The van der Waals surface area contributed by atoms with Crippen LogP contribution in [0.5, 0.6) is 5.75 Å². The second kappa shape index (κ2) is 5.43. The van der Waals surface area contributed by atoms with E-state index in [2.05, 4.69) is 21.1 Å². The molecule has 3 N–H and O–H groups in total. The van der Waals surface area contributed by atoms with Crippen molar-refractivity contribution in [2.45, 2.75) is 19.9 Å². The van der Waals surface area contributed by atoms with E-state index in [1.54, 1.807) is 7.11 Å². The van der Waals surface area contributed by atoms with E-state index in [9.17, 15) is 0 Å². The molecular weight excluding hydrogens is 248 g/mol. The number of hydrazine groups is 1. The maximum absolute atomic E-state index is 5.64. The Hall–Kier alpha value is -1.50. The molecule has 0 fully saturated rings. The van der Waals surface area contributed by atoms with E-state index in [1.807, 2.05) is 25.3 Å². The molecule has 0 saturated heterocycles. The molecule has 96 valence electrons. The van der Waals surface area contributed by atoms with Gasteiger partial charge in [0.05, 0.1) is 18.8 Å². The lowest BCUT2D eigenvalue weighted by molar-refractivity contribution is 0.411. The highest BCUT2D eigenvalue weighted by molar-refractivity contribution is 7.03. The van der Waals surface area contributed by atoms with E-state index in [0.29, 0.717) is 0 Å². The van der Waals surface area contributed by atoms with Crippen LogP contribution in [-0.4, -0.2) is 16.7 Å². The van der Waals surface area contributed by atoms with Crippen molar-refractivity contribution in [1.82, 2.24) is 15.0 Å². The van der Waals surface area contributed by atoms with E-state index in [-0.39, 0.29) is 6.04 Å². The molecule has 1 atom stereocenters. The van der Waals surface area contributed by atoms with Gasteiger partial charge in [0, 0.05) is 5.38 Å². The lowest BCUT2D eigenvalue weighted by Gasteiger charge is -2.18. The molecule has 2 aromatic rings. The van der Waals surface area contributed by atoms with Gasteiger partial charge >= 0.3 is 0 Å². The average Bonchev–Trinajstić information content (AvgIpc) is 2.87. The number of aryl methyl sites for hydroxylation is 2. The summed E-state index contributed by atoms with van der Waals surface area (Å²) in [5.74, 6) is 6.52. The molecule has 2 rings (SSSR count). The molecular formula is C12H16N4OS. The predicted molar refractivity (Wildman–Crippen MR) is 71.5 cm³/mol. The number of benzene rings is 1. The first-order valence-corrected chi connectivity index (χ1v) is 6.39. The number of nitrogens with two attached hydrogens (primary N) is 1. The fourth-order valence-corrected chi connectivity index (χ4v) is 2.45. The van der Waals surface area contributed by atoms with E-state index in [0.717, 1.165) is 28.1 Å². The van der Waals surface area contributed by atoms with Gasteiger partial charge in [-0.1, -0.05) is 10.6 Å². The Labute approximate surface area is 110 Å². The van der Waals surface area contributed by atoms with E-state index < -0.39 is 0 Å². The van der Waals surface area contributed by atoms with Gasteiger partial charge < -0.3 is 4.74 Å². The number of ether oxygens (including phenoxy) is 1. The number of nitrogens with one attached hydrogen (secondary N) is 1. The van der Waals surface area contributed by atoms with E-state index in [4.69, 9.17) is 10.6 Å². The molecule has 0 aliphatic carbocycles. The van der Waals surface area contributed by atoms with E-state index >= 15 is 0 Å². The Morgan fingerprint density at radius 2 is 2.11 bits per heavy atom. The minimum Gasteiger partial charge on any atom is -0.496 e. The largest absolute Gasteiger partial charge is 0.496 e. The first-order valence-electron chi connectivity index (χ1n) is 5.55. The highest BCUT2D eigenvalue weighted by atomic mass is 32.1. The van der Waals surface area contributed by atoms with Gasteiger partial charge in [-0.15, -0.1) is 5.10 Å². The number of nitrogens with zero attached hydrogens (tertiary/aromatic N) is 2. The van der Waals surface area contributed by atoms with Gasteiger partial charge in [0.2, 0.25) is 0 Å². The van der Waals surface area contributed by atoms with Gasteiger partial charge in [0.15, 0.2) is 0 Å². The van der Waals surface area contributed by atoms with Crippen molar-refractivity contribution in [1.29, 1.82) is 0 Å². The number of methoxy groups -OCH3 is 1. The van der Waals surface area contributed by atoms with Crippen LogP contribution in [0.3, 0.4) is 0 Å². The Morgan fingerprint density at radius 3 is 2.67 bits per heavy atom. The fraction of sp³-hybridized carbons (Fsp3) is 0.333. The Morgan fingerprint density at radius 1 is 1.33 bits per heavy atom. The molecule has 1 heterocycles. The van der Waals surface area contributed by atoms with Gasteiger partial charge in [-0.25, -0.2) is 5.43 Å². The average molecular weight is 264 g/mol. The minimum atomic E-state index is -0.145. The van der Waals surface area contributed by atoms with Crippen LogP contribution in [0.25, 0.3) is 0 Å². The first-order chi connectivity index (χ1) is 8.67. The molecule has 1 aromatic heterocycles. The Balaban J connectivity index is 2.46. The van der Waals surface area contributed by atoms with Crippen molar-refractivity contribution in [2.75, 3.05) is 7.11 Å². The summed E-state index contributed by atoms with van der Waals surface area (Å²) in [6.07, 6.45) is 0. The quantitative estimate of drug-likeness (QED) is 0.649. The Kier molecular flexibility index (Phi) is 3.90. The molecule has 0 bridgehead atoms. The van der Waals surface area contributed by atoms with Crippen LogP contribution < -0.4 is 16.0 Å². The summed E-state index contributed by atoms with van der Waals surface area (Å²) in [7, 11) is 1.67. The van der Waals surface area contributed by atoms with Crippen LogP contribution in [0.1, 0.15) is 28.4 Å². The fourth-order valence-electron chi connectivity index (χ4n) is 1.98. The van der Waals surface area contributed by atoms with Crippen LogP contribution in [0.15, 0.2) is 17.5 Å². The normalized spacial score (nSPS) is 12.4. The predicted octanol–water partition coefficient (Wildman–Crippen LogP) is 1.72. The van der Waals surface area contributed by atoms with Gasteiger partial charge in [-0.05, 0) is 48.1 Å². The van der Waals surface area contributed by atoms with Crippen molar-refractivity contribution in [3.63, 3.8) is 0 Å². The smallest absolute Gasteiger partial charge is 0.122 e. The lowest BCUT2D eigenvalue weighted by atomic mass is 9.97. The molecule has 6 heteroatoms. The van der Waals surface area contributed by atoms with Crippen molar-refractivity contribution in [3.05, 3.63) is 39.9 Å². The van der Waals surface area contributed by atoms with Crippen molar-refractivity contribution >= 4 is 11.5 Å². The zero-order valence-corrected chi connectivity index (χ0v) is 11.4. The zero-order valence-electron chi connectivity index (χ0n) is 10.6. The van der Waals surface area contributed by atoms with Gasteiger partial charge in [-0.3, -0.25) is 5.84 Å². The first kappa shape index (κ1) is 12.9. The van der Waals surface area contributed by atoms with Gasteiger partial charge in [0.1, 0.15) is 5.75 Å². The van der Waals surface area contributed by atoms with Crippen molar-refractivity contribution < 1.29 is 4.74 Å². The second-order valence-electron chi connectivity index (χ2n) is 4.11. The zero-order chi connectivity index (χ0) is 13.1. The third kappa shape index (κ3) is 2.35. The summed E-state index contributed by atoms with van der Waals surface area (Å²) in [6.45, 7) is 4.04. The molecule has 0 aliphatic heterocycles. The van der Waals surface area contributed by atoms with Crippen molar-refractivity contribution in [2.24, 2.45) is 5.84 Å². The number of rotatable bonds is 4. The minimum absolute atomic E-state index is 0.145. The second-order valence-corrected chi connectivity index (χ2v) is 4.72. The van der Waals surface area contributed by atoms with Crippen molar-refractivity contribution in [3.8, 4) is 5.75 Å². The molecule has 0 radical (unpaired) electrons. The maximum Gasteiger partial charge on any atom is 0.122 e. The molecule has 0 aliphatic rings. The number of aromatic nitrogens is 2. The van der Waals surface area contributed by atoms with E-state index in [1.165, 1.54) is 11.5 Å². The highest BCUT2D eigenvalue weighted by Crippen LogP contribution is 2.29. The third-order valence-corrected chi connectivity index (χ3v) is 3.46. The molecule has 0 saturated carbocycles. The number of hydrogen-bond acceptors (Lipinski definition) is 6. The third-order valence-electron chi connectivity index (χ3n) is 2.93. The van der Waals surface area contributed by atoms with Crippen LogP contribution in [0.2, 0.25) is 0 Å². The molecule has 0 amide bonds. The SMILES string of the molecule is COc1cc(C)c(C(NN)c2csnn2)cc1C. The highest BCUT2D eigenvalue weighted by Gasteiger charge is 2.18. The summed E-state index contributed by atoms with van der Waals surface area (Å²) in [5.41, 5.74) is 6.88. The van der Waals surface area contributed by atoms with Crippen LogP contribution in [0.4, 0.5) is 0 Å². The summed E-state index contributed by atoms with van der Waals surface area (Å²) >= 11 is 1.31. The Bertz CT molecular complexity index is 527. The van der Waals surface area contributed by atoms with Crippen LogP contribution in [-0.2, 0) is 0 Å². The molecule has 5 nitrogen and oxygen atoms in total. The summed E-state index contributed by atoms with van der Waals surface area (Å²) in [6, 6.07) is 3.93. The summed E-state index contributed by atoms with van der Waals surface area (Å²) in [5, 5.41) is 5.96. The molecule has 0 spiro atoms. The molecule has 18 heavy (non-hydrogen) atoms. The van der Waals surface area contributed by atoms with Crippen LogP contribution in [0, 0.1) is 13.8 Å². The summed E-state index contributed by atoms with van der Waals surface area (Å²) < 4.78 is 9.18.